The summed E-state index contributed by atoms with van der Waals surface area (Å²) in [5.41, 5.74) is 2.40. The third-order valence-electron chi connectivity index (χ3n) is 1.56. The molecule has 0 amide bonds. The lowest BCUT2D eigenvalue weighted by atomic mass is 10.2. The summed E-state index contributed by atoms with van der Waals surface area (Å²) in [6.07, 6.45) is 0. The van der Waals surface area contributed by atoms with Gasteiger partial charge in [-0.25, -0.2) is 4.98 Å². The lowest BCUT2D eigenvalue weighted by Crippen LogP contribution is -1.76. The summed E-state index contributed by atoms with van der Waals surface area (Å²) in [5.74, 6) is -0.383. The van der Waals surface area contributed by atoms with E-state index in [1.807, 2.05) is 30.3 Å². The van der Waals surface area contributed by atoms with Gasteiger partial charge in [-0.15, -0.1) is 11.3 Å². The highest BCUT2D eigenvalue weighted by atomic mass is 32.1. The Balaban J connectivity index is 2.51. The molecular formula is C9H6FNS. The van der Waals surface area contributed by atoms with Crippen LogP contribution in [0.1, 0.15) is 0 Å². The van der Waals surface area contributed by atoms with Crippen LogP contribution in [-0.4, -0.2) is 4.98 Å². The van der Waals surface area contributed by atoms with Crippen molar-refractivity contribution in [3.63, 3.8) is 0 Å². The van der Waals surface area contributed by atoms with Crippen molar-refractivity contribution in [3.8, 4) is 10.4 Å². The molecule has 0 spiro atoms. The van der Waals surface area contributed by atoms with E-state index < -0.39 is 0 Å². The second kappa shape index (κ2) is 3.03. The van der Waals surface area contributed by atoms with Gasteiger partial charge in [0.25, 0.3) is 0 Å². The molecule has 0 saturated carbocycles. The second-order valence-electron chi connectivity index (χ2n) is 2.34. The van der Waals surface area contributed by atoms with Crippen molar-refractivity contribution in [2.24, 2.45) is 0 Å². The molecule has 0 radical (unpaired) electrons. The Labute approximate surface area is 73.5 Å². The van der Waals surface area contributed by atoms with Gasteiger partial charge in [0.2, 0.25) is 5.95 Å². The summed E-state index contributed by atoms with van der Waals surface area (Å²) >= 11 is 1.32. The Hall–Kier alpha value is -1.22. The number of aromatic nitrogens is 1. The van der Waals surface area contributed by atoms with Crippen LogP contribution in [0.2, 0.25) is 0 Å². The van der Waals surface area contributed by atoms with Crippen LogP contribution in [0.5, 0.6) is 0 Å². The molecule has 0 saturated heterocycles. The van der Waals surface area contributed by atoms with E-state index in [0.717, 1.165) is 5.56 Å². The average Bonchev–Trinajstić information content (AvgIpc) is 2.53. The number of rotatable bonds is 1. The quantitative estimate of drug-likeness (QED) is 0.655. The van der Waals surface area contributed by atoms with E-state index in [2.05, 4.69) is 4.98 Å². The molecule has 0 bridgehead atoms. The summed E-state index contributed by atoms with van der Waals surface area (Å²) in [6.45, 7) is 0. The number of halogens is 1. The van der Waals surface area contributed by atoms with Crippen LogP contribution in [0.25, 0.3) is 10.4 Å². The lowest BCUT2D eigenvalue weighted by molar-refractivity contribution is 0.595. The highest BCUT2D eigenvalue weighted by Crippen LogP contribution is 2.25. The number of benzene rings is 1. The smallest absolute Gasteiger partial charge is 0.216 e. The van der Waals surface area contributed by atoms with Gasteiger partial charge in [-0.05, 0) is 5.56 Å². The van der Waals surface area contributed by atoms with Gasteiger partial charge < -0.3 is 0 Å². The molecule has 0 atom stereocenters. The molecule has 1 aromatic carbocycles. The van der Waals surface area contributed by atoms with Gasteiger partial charge >= 0.3 is 0 Å². The fourth-order valence-corrected chi connectivity index (χ4v) is 1.68. The molecule has 1 aromatic heterocycles. The summed E-state index contributed by atoms with van der Waals surface area (Å²) in [6, 6.07) is 9.42. The normalized spacial score (nSPS) is 10.1. The largest absolute Gasteiger partial charge is 0.231 e. The van der Waals surface area contributed by atoms with Crippen molar-refractivity contribution < 1.29 is 4.39 Å². The van der Waals surface area contributed by atoms with Crippen LogP contribution in [-0.2, 0) is 0 Å². The maximum atomic E-state index is 12.9. The maximum absolute atomic E-state index is 12.9. The molecule has 60 valence electrons. The van der Waals surface area contributed by atoms with Crippen LogP contribution in [0.4, 0.5) is 4.39 Å². The zero-order valence-electron chi connectivity index (χ0n) is 6.20. The van der Waals surface area contributed by atoms with Crippen LogP contribution >= 0.6 is 11.3 Å². The molecule has 2 aromatic rings. The number of thiazole rings is 1. The van der Waals surface area contributed by atoms with Gasteiger partial charge in [0.15, 0.2) is 0 Å². The highest BCUT2D eigenvalue weighted by Gasteiger charge is 2.05. The summed E-state index contributed by atoms with van der Waals surface area (Å²) < 4.78 is 12.9. The van der Waals surface area contributed by atoms with E-state index in [1.165, 1.54) is 16.8 Å². The van der Waals surface area contributed by atoms with E-state index in [-0.39, 0.29) is 5.95 Å². The zero-order chi connectivity index (χ0) is 8.39. The molecule has 0 aliphatic carbocycles. The molecule has 1 nitrogen and oxygen atoms in total. The highest BCUT2D eigenvalue weighted by molar-refractivity contribution is 7.13. The van der Waals surface area contributed by atoms with Crippen molar-refractivity contribution >= 4 is 11.3 Å². The molecule has 0 fully saturated rings. The molecule has 0 N–H and O–H groups in total. The van der Waals surface area contributed by atoms with Crippen molar-refractivity contribution in [2.75, 3.05) is 0 Å². The Morgan fingerprint density at radius 1 is 1.17 bits per heavy atom. The van der Waals surface area contributed by atoms with Gasteiger partial charge in [-0.2, -0.15) is 4.39 Å². The minimum atomic E-state index is -0.383. The van der Waals surface area contributed by atoms with Crippen molar-refractivity contribution in [1.82, 2.24) is 4.98 Å². The molecule has 0 aliphatic rings. The van der Waals surface area contributed by atoms with E-state index in [0.29, 0.717) is 4.88 Å². The number of hydrogen-bond donors (Lipinski definition) is 0. The van der Waals surface area contributed by atoms with Gasteiger partial charge in [0.05, 0.1) is 10.4 Å². The summed E-state index contributed by atoms with van der Waals surface area (Å²) in [5, 5.41) is 0. The van der Waals surface area contributed by atoms with Crippen LogP contribution in [0.3, 0.4) is 0 Å². The standard InChI is InChI=1S/C9H6FNS/c10-9-8(12-6-11-9)7-4-2-1-3-5-7/h1-6H. The first-order valence-corrected chi connectivity index (χ1v) is 4.40. The molecule has 0 aliphatic heterocycles. The topological polar surface area (TPSA) is 12.9 Å². The lowest BCUT2D eigenvalue weighted by Gasteiger charge is -1.93. The Bertz CT molecular complexity index is 369. The fraction of sp³-hybridized carbons (Fsp3) is 0. The van der Waals surface area contributed by atoms with Gasteiger partial charge in [-0.3, -0.25) is 0 Å². The Morgan fingerprint density at radius 2 is 1.92 bits per heavy atom. The zero-order valence-corrected chi connectivity index (χ0v) is 7.01. The van der Waals surface area contributed by atoms with Crippen LogP contribution < -0.4 is 0 Å². The third-order valence-corrected chi connectivity index (χ3v) is 2.41. The first kappa shape index (κ1) is 7.43. The average molecular weight is 179 g/mol. The Morgan fingerprint density at radius 3 is 2.50 bits per heavy atom. The van der Waals surface area contributed by atoms with Gasteiger partial charge in [0, 0.05) is 0 Å². The van der Waals surface area contributed by atoms with Crippen LogP contribution in [0, 0.1) is 5.95 Å². The molecule has 12 heavy (non-hydrogen) atoms. The molecule has 1 heterocycles. The van der Waals surface area contributed by atoms with E-state index in [1.54, 1.807) is 0 Å². The van der Waals surface area contributed by atoms with Crippen molar-refractivity contribution in [2.45, 2.75) is 0 Å². The predicted octanol–water partition coefficient (Wildman–Crippen LogP) is 2.95. The van der Waals surface area contributed by atoms with E-state index in [9.17, 15) is 4.39 Å². The molecular weight excluding hydrogens is 173 g/mol. The number of hydrogen-bond acceptors (Lipinski definition) is 2. The van der Waals surface area contributed by atoms with Gasteiger partial charge in [0.1, 0.15) is 0 Å². The van der Waals surface area contributed by atoms with Crippen LogP contribution in [0.15, 0.2) is 35.8 Å². The maximum Gasteiger partial charge on any atom is 0.231 e. The SMILES string of the molecule is Fc1ncsc1-c1ccccc1. The predicted molar refractivity (Wildman–Crippen MR) is 47.5 cm³/mol. The minimum absolute atomic E-state index is 0.383. The fourth-order valence-electron chi connectivity index (χ4n) is 1.01. The Kier molecular flexibility index (Phi) is 1.87. The summed E-state index contributed by atoms with van der Waals surface area (Å²) in [4.78, 5) is 4.15. The third kappa shape index (κ3) is 1.23. The van der Waals surface area contributed by atoms with E-state index >= 15 is 0 Å². The number of nitrogens with zero attached hydrogens (tertiary/aromatic N) is 1. The second-order valence-corrected chi connectivity index (χ2v) is 3.19. The molecule has 2 rings (SSSR count). The first-order chi connectivity index (χ1) is 5.88. The van der Waals surface area contributed by atoms with Crippen molar-refractivity contribution in [1.29, 1.82) is 0 Å². The van der Waals surface area contributed by atoms with Crippen molar-refractivity contribution in [3.05, 3.63) is 41.8 Å². The minimum Gasteiger partial charge on any atom is -0.216 e. The van der Waals surface area contributed by atoms with E-state index in [4.69, 9.17) is 0 Å². The van der Waals surface area contributed by atoms with Gasteiger partial charge in [-0.1, -0.05) is 30.3 Å². The summed E-state index contributed by atoms with van der Waals surface area (Å²) in [7, 11) is 0. The monoisotopic (exact) mass is 179 g/mol. The molecule has 0 unspecified atom stereocenters. The molecule has 3 heteroatoms. The first-order valence-electron chi connectivity index (χ1n) is 3.52.